The SMILES string of the molecule is Cc1ccc([N+](=O)[O-])cc1S(=O)(=O)Nc1ccccc1OC(F)(F)F. The van der Waals surface area contributed by atoms with Crippen molar-refractivity contribution in [2.75, 3.05) is 4.72 Å². The number of halogens is 3. The Hall–Kier alpha value is -2.82. The first-order valence-corrected chi connectivity index (χ1v) is 8.10. The predicted molar refractivity (Wildman–Crippen MR) is 81.8 cm³/mol. The molecule has 0 saturated heterocycles. The van der Waals surface area contributed by atoms with E-state index < -0.39 is 43.3 Å². The second-order valence-corrected chi connectivity index (χ2v) is 6.51. The van der Waals surface area contributed by atoms with Gasteiger partial charge in [0.15, 0.2) is 5.75 Å². The van der Waals surface area contributed by atoms with Crippen molar-refractivity contribution < 1.29 is 31.2 Å². The number of ether oxygens (including phenoxy) is 1. The molecule has 134 valence electrons. The Labute approximate surface area is 140 Å². The molecular formula is C14H11F3N2O5S. The van der Waals surface area contributed by atoms with Crippen LogP contribution < -0.4 is 9.46 Å². The van der Waals surface area contributed by atoms with Crippen molar-refractivity contribution in [2.45, 2.75) is 18.2 Å². The molecule has 0 aliphatic carbocycles. The Morgan fingerprint density at radius 3 is 2.40 bits per heavy atom. The van der Waals surface area contributed by atoms with E-state index >= 15 is 0 Å². The zero-order valence-corrected chi connectivity index (χ0v) is 13.4. The van der Waals surface area contributed by atoms with Gasteiger partial charge >= 0.3 is 6.36 Å². The van der Waals surface area contributed by atoms with Gasteiger partial charge < -0.3 is 4.74 Å². The number of nitrogens with zero attached hydrogens (tertiary/aromatic N) is 1. The normalized spacial score (nSPS) is 11.8. The summed E-state index contributed by atoms with van der Waals surface area (Å²) >= 11 is 0. The Morgan fingerprint density at radius 2 is 1.80 bits per heavy atom. The smallest absolute Gasteiger partial charge is 0.404 e. The van der Waals surface area contributed by atoms with Crippen LogP contribution in [0.4, 0.5) is 24.5 Å². The summed E-state index contributed by atoms with van der Waals surface area (Å²) in [5.74, 6) is -0.748. The first-order valence-electron chi connectivity index (χ1n) is 6.62. The van der Waals surface area contributed by atoms with E-state index in [2.05, 4.69) is 4.74 Å². The van der Waals surface area contributed by atoms with Gasteiger partial charge in [-0.25, -0.2) is 8.42 Å². The Morgan fingerprint density at radius 1 is 1.16 bits per heavy atom. The second-order valence-electron chi connectivity index (χ2n) is 4.86. The van der Waals surface area contributed by atoms with E-state index in [0.29, 0.717) is 0 Å². The molecule has 0 spiro atoms. The minimum atomic E-state index is -5.01. The quantitative estimate of drug-likeness (QED) is 0.635. The van der Waals surface area contributed by atoms with Crippen molar-refractivity contribution in [1.82, 2.24) is 0 Å². The van der Waals surface area contributed by atoms with Crippen molar-refractivity contribution in [3.8, 4) is 5.75 Å². The molecule has 11 heteroatoms. The Kier molecular flexibility index (Phi) is 4.88. The van der Waals surface area contributed by atoms with E-state index in [4.69, 9.17) is 0 Å². The molecule has 0 unspecified atom stereocenters. The van der Waals surface area contributed by atoms with Crippen LogP contribution in [0.1, 0.15) is 5.56 Å². The van der Waals surface area contributed by atoms with Crippen LogP contribution in [-0.2, 0) is 10.0 Å². The summed E-state index contributed by atoms with van der Waals surface area (Å²) in [4.78, 5) is 9.60. The van der Waals surface area contributed by atoms with E-state index in [0.717, 1.165) is 24.3 Å². The van der Waals surface area contributed by atoms with Gasteiger partial charge in [0.1, 0.15) is 0 Å². The van der Waals surface area contributed by atoms with Gasteiger partial charge in [-0.3, -0.25) is 14.8 Å². The number of sulfonamides is 1. The zero-order valence-electron chi connectivity index (χ0n) is 12.6. The molecule has 0 saturated carbocycles. The molecule has 2 aromatic rings. The number of benzene rings is 2. The van der Waals surface area contributed by atoms with E-state index in [1.54, 1.807) is 0 Å². The molecule has 0 aromatic heterocycles. The molecule has 1 N–H and O–H groups in total. The van der Waals surface area contributed by atoms with Crippen molar-refractivity contribution >= 4 is 21.4 Å². The lowest BCUT2D eigenvalue weighted by Gasteiger charge is -2.15. The molecule has 25 heavy (non-hydrogen) atoms. The second kappa shape index (κ2) is 6.59. The van der Waals surface area contributed by atoms with Gasteiger partial charge in [-0.15, -0.1) is 13.2 Å². The molecule has 7 nitrogen and oxygen atoms in total. The first kappa shape index (κ1) is 18.5. The number of para-hydroxylation sites is 2. The number of nitro groups is 1. The van der Waals surface area contributed by atoms with E-state index in [1.807, 2.05) is 4.72 Å². The monoisotopic (exact) mass is 376 g/mol. The third kappa shape index (κ3) is 4.59. The van der Waals surface area contributed by atoms with Gasteiger partial charge in [-0.05, 0) is 24.6 Å². The molecule has 2 aromatic carbocycles. The standard InChI is InChI=1S/C14H11F3N2O5S/c1-9-6-7-10(19(20)21)8-13(9)25(22,23)18-11-4-2-3-5-12(11)24-14(15,16)17/h2-8,18H,1H3. The molecular weight excluding hydrogens is 365 g/mol. The van der Waals surface area contributed by atoms with Gasteiger partial charge in [0.05, 0.1) is 15.5 Å². The average Bonchev–Trinajstić information content (AvgIpc) is 2.47. The molecule has 0 heterocycles. The number of anilines is 1. The van der Waals surface area contributed by atoms with Gasteiger partial charge in [-0.2, -0.15) is 0 Å². The molecule has 0 aliphatic rings. The largest absolute Gasteiger partial charge is 0.573 e. The Balaban J connectivity index is 2.44. The van der Waals surface area contributed by atoms with Crippen molar-refractivity contribution in [3.05, 3.63) is 58.1 Å². The highest BCUT2D eigenvalue weighted by Gasteiger charge is 2.32. The number of non-ortho nitro benzene ring substituents is 1. The number of nitro benzene ring substituents is 1. The van der Waals surface area contributed by atoms with Gasteiger partial charge in [0, 0.05) is 12.1 Å². The number of rotatable bonds is 5. The van der Waals surface area contributed by atoms with Crippen molar-refractivity contribution in [2.24, 2.45) is 0 Å². The fourth-order valence-electron chi connectivity index (χ4n) is 1.96. The third-order valence-electron chi connectivity index (χ3n) is 3.03. The molecule has 0 amide bonds. The fraction of sp³-hybridized carbons (Fsp3) is 0.143. The number of hydrogen-bond acceptors (Lipinski definition) is 5. The van der Waals surface area contributed by atoms with Crippen LogP contribution in [-0.4, -0.2) is 19.7 Å². The van der Waals surface area contributed by atoms with Gasteiger partial charge in [0.25, 0.3) is 15.7 Å². The molecule has 0 bridgehead atoms. The van der Waals surface area contributed by atoms with E-state index in [1.165, 1.54) is 25.1 Å². The highest BCUT2D eigenvalue weighted by atomic mass is 32.2. The maximum absolute atomic E-state index is 12.4. The number of hydrogen-bond donors (Lipinski definition) is 1. The van der Waals surface area contributed by atoms with E-state index in [-0.39, 0.29) is 5.56 Å². The van der Waals surface area contributed by atoms with Gasteiger partial charge in [-0.1, -0.05) is 18.2 Å². The molecule has 0 radical (unpaired) electrons. The third-order valence-corrected chi connectivity index (χ3v) is 4.54. The lowest BCUT2D eigenvalue weighted by molar-refractivity contribution is -0.385. The van der Waals surface area contributed by atoms with Crippen LogP contribution in [0.15, 0.2) is 47.4 Å². The molecule has 0 aliphatic heterocycles. The Bertz CT molecular complexity index is 913. The maximum Gasteiger partial charge on any atom is 0.573 e. The number of nitrogens with one attached hydrogen (secondary N) is 1. The summed E-state index contributed by atoms with van der Waals surface area (Å²) in [5.41, 5.74) is -0.733. The predicted octanol–water partition coefficient (Wildman–Crippen LogP) is 3.60. The van der Waals surface area contributed by atoms with E-state index in [9.17, 15) is 31.7 Å². The number of aryl methyl sites for hydroxylation is 1. The maximum atomic E-state index is 12.4. The topological polar surface area (TPSA) is 98.5 Å². The summed E-state index contributed by atoms with van der Waals surface area (Å²) in [6, 6.07) is 7.72. The number of alkyl halides is 3. The highest BCUT2D eigenvalue weighted by Crippen LogP contribution is 2.32. The first-order chi connectivity index (χ1) is 11.5. The van der Waals surface area contributed by atoms with Crippen LogP contribution in [0, 0.1) is 17.0 Å². The zero-order chi connectivity index (χ0) is 18.8. The fourth-order valence-corrected chi connectivity index (χ4v) is 3.29. The summed E-state index contributed by atoms with van der Waals surface area (Å²) in [5, 5.41) is 10.8. The summed E-state index contributed by atoms with van der Waals surface area (Å²) in [6.07, 6.45) is -5.01. The molecule has 0 atom stereocenters. The van der Waals surface area contributed by atoms with Crippen LogP contribution in [0.2, 0.25) is 0 Å². The average molecular weight is 376 g/mol. The summed E-state index contributed by atoms with van der Waals surface area (Å²) in [7, 11) is -4.38. The van der Waals surface area contributed by atoms with Crippen LogP contribution in [0.3, 0.4) is 0 Å². The minimum Gasteiger partial charge on any atom is -0.404 e. The highest BCUT2D eigenvalue weighted by molar-refractivity contribution is 7.92. The molecule has 0 fully saturated rings. The minimum absolute atomic E-state index is 0.187. The summed E-state index contributed by atoms with van der Waals surface area (Å²) < 4.78 is 67.8. The van der Waals surface area contributed by atoms with Crippen molar-refractivity contribution in [1.29, 1.82) is 0 Å². The lowest BCUT2D eigenvalue weighted by atomic mass is 10.2. The summed E-state index contributed by atoms with van der Waals surface area (Å²) in [6.45, 7) is 1.40. The van der Waals surface area contributed by atoms with Crippen LogP contribution >= 0.6 is 0 Å². The van der Waals surface area contributed by atoms with Crippen LogP contribution in [0.5, 0.6) is 5.75 Å². The lowest BCUT2D eigenvalue weighted by Crippen LogP contribution is -2.20. The van der Waals surface area contributed by atoms with Gasteiger partial charge in [0.2, 0.25) is 0 Å². The van der Waals surface area contributed by atoms with Crippen LogP contribution in [0.25, 0.3) is 0 Å². The molecule has 2 rings (SSSR count). The van der Waals surface area contributed by atoms with Crippen molar-refractivity contribution in [3.63, 3.8) is 0 Å².